The van der Waals surface area contributed by atoms with Crippen molar-refractivity contribution < 1.29 is 14.3 Å². The molecule has 0 saturated heterocycles. The van der Waals surface area contributed by atoms with E-state index in [4.69, 9.17) is 17.0 Å². The fourth-order valence-corrected chi connectivity index (χ4v) is 2.13. The highest BCUT2D eigenvalue weighted by molar-refractivity contribution is 7.80. The second-order valence-corrected chi connectivity index (χ2v) is 5.65. The number of benzene rings is 2. The molecule has 2 aromatic rings. The van der Waals surface area contributed by atoms with Crippen LogP contribution in [0.5, 0.6) is 5.75 Å². The van der Waals surface area contributed by atoms with Crippen LogP contribution in [-0.2, 0) is 4.79 Å². The number of ketones is 1. The molecule has 0 atom stereocenters. The van der Waals surface area contributed by atoms with Gasteiger partial charge in [-0.15, -0.1) is 0 Å². The molecule has 124 valence electrons. The van der Waals surface area contributed by atoms with Crippen molar-refractivity contribution in [1.29, 1.82) is 0 Å². The van der Waals surface area contributed by atoms with Crippen LogP contribution in [0.2, 0.25) is 0 Å². The van der Waals surface area contributed by atoms with Gasteiger partial charge < -0.3 is 10.1 Å². The van der Waals surface area contributed by atoms with Crippen LogP contribution in [0.3, 0.4) is 0 Å². The molecule has 5 nitrogen and oxygen atoms in total. The summed E-state index contributed by atoms with van der Waals surface area (Å²) in [5.41, 5.74) is 2.42. The fraction of sp³-hybridized carbons (Fsp3) is 0.167. The second-order valence-electron chi connectivity index (χ2n) is 5.24. The number of rotatable bonds is 5. The number of hydrogen-bond donors (Lipinski definition) is 2. The first-order valence-corrected chi connectivity index (χ1v) is 7.76. The van der Waals surface area contributed by atoms with Crippen molar-refractivity contribution in [3.8, 4) is 5.75 Å². The number of hydrogen-bond acceptors (Lipinski definition) is 4. The molecule has 0 unspecified atom stereocenters. The molecule has 0 aliphatic heterocycles. The zero-order valence-electron chi connectivity index (χ0n) is 13.5. The minimum absolute atomic E-state index is 0.00863. The molecule has 0 aromatic heterocycles. The maximum atomic E-state index is 11.8. The van der Waals surface area contributed by atoms with Gasteiger partial charge in [0.2, 0.25) is 0 Å². The summed E-state index contributed by atoms with van der Waals surface area (Å²) < 4.78 is 5.38. The number of carbonyl (C=O) groups excluding carboxylic acids is 2. The predicted molar refractivity (Wildman–Crippen MR) is 97.5 cm³/mol. The molecule has 0 aliphatic rings. The molecule has 0 spiro atoms. The molecule has 2 N–H and O–H groups in total. The van der Waals surface area contributed by atoms with E-state index >= 15 is 0 Å². The van der Waals surface area contributed by atoms with Gasteiger partial charge in [-0.2, -0.15) is 0 Å². The van der Waals surface area contributed by atoms with Gasteiger partial charge in [-0.1, -0.05) is 17.7 Å². The summed E-state index contributed by atoms with van der Waals surface area (Å²) in [4.78, 5) is 23.0. The Labute approximate surface area is 146 Å². The van der Waals surface area contributed by atoms with Gasteiger partial charge >= 0.3 is 0 Å². The molecule has 24 heavy (non-hydrogen) atoms. The number of nitrogens with one attached hydrogen (secondary N) is 2. The maximum Gasteiger partial charge on any atom is 0.264 e. The lowest BCUT2D eigenvalue weighted by atomic mass is 10.1. The fourth-order valence-electron chi connectivity index (χ4n) is 1.90. The zero-order chi connectivity index (χ0) is 17.5. The number of Topliss-reactive ketones (excluding diaryl/α,β-unsaturated/α-hetero) is 1. The largest absolute Gasteiger partial charge is 0.484 e. The SMILES string of the molecule is CC(=O)c1ccc(NC(=S)NC(=O)COc2ccc(C)cc2)cc1. The summed E-state index contributed by atoms with van der Waals surface area (Å²) in [6.45, 7) is 3.35. The summed E-state index contributed by atoms with van der Waals surface area (Å²) in [5, 5.41) is 5.58. The van der Waals surface area contributed by atoms with Crippen molar-refractivity contribution >= 4 is 34.7 Å². The van der Waals surface area contributed by atoms with Crippen LogP contribution in [0, 0.1) is 6.92 Å². The van der Waals surface area contributed by atoms with E-state index in [1.807, 2.05) is 19.1 Å². The Kier molecular flexibility index (Phi) is 6.03. The van der Waals surface area contributed by atoms with Gasteiger partial charge in [0.15, 0.2) is 17.5 Å². The molecule has 1 amide bonds. The van der Waals surface area contributed by atoms with Gasteiger partial charge in [0.05, 0.1) is 0 Å². The van der Waals surface area contributed by atoms with Gasteiger partial charge in [0.25, 0.3) is 5.91 Å². The molecule has 2 aromatic carbocycles. The number of anilines is 1. The summed E-state index contributed by atoms with van der Waals surface area (Å²) >= 11 is 5.08. The van der Waals surface area contributed by atoms with E-state index in [-0.39, 0.29) is 23.4 Å². The zero-order valence-corrected chi connectivity index (χ0v) is 14.3. The molecule has 0 aliphatic carbocycles. The predicted octanol–water partition coefficient (Wildman–Crippen LogP) is 3.09. The summed E-state index contributed by atoms with van der Waals surface area (Å²) in [6.07, 6.45) is 0. The number of thiocarbonyl (C=S) groups is 1. The summed E-state index contributed by atoms with van der Waals surface area (Å²) in [5.74, 6) is 0.258. The molecular weight excluding hydrogens is 324 g/mol. The van der Waals surface area contributed by atoms with Gasteiger partial charge in [-0.25, -0.2) is 0 Å². The first kappa shape index (κ1) is 17.6. The number of aryl methyl sites for hydroxylation is 1. The minimum Gasteiger partial charge on any atom is -0.484 e. The molecule has 0 saturated carbocycles. The van der Waals surface area contributed by atoms with Crippen LogP contribution < -0.4 is 15.4 Å². The van der Waals surface area contributed by atoms with Crippen molar-refractivity contribution in [3.05, 3.63) is 59.7 Å². The molecular formula is C18H18N2O3S. The standard InChI is InChI=1S/C18H18N2O3S/c1-12-3-9-16(10-4-12)23-11-17(22)20-18(24)19-15-7-5-14(6-8-15)13(2)21/h3-10H,11H2,1-2H3,(H2,19,20,22,24). The number of carbonyl (C=O) groups is 2. The Bertz CT molecular complexity index is 740. The third-order valence-corrected chi connectivity index (χ3v) is 3.40. The third-order valence-electron chi connectivity index (χ3n) is 3.19. The van der Waals surface area contributed by atoms with Crippen molar-refractivity contribution in [2.24, 2.45) is 0 Å². The van der Waals surface area contributed by atoms with Crippen molar-refractivity contribution in [3.63, 3.8) is 0 Å². The highest BCUT2D eigenvalue weighted by atomic mass is 32.1. The van der Waals surface area contributed by atoms with Crippen molar-refractivity contribution in [1.82, 2.24) is 5.32 Å². The van der Waals surface area contributed by atoms with E-state index in [9.17, 15) is 9.59 Å². The monoisotopic (exact) mass is 342 g/mol. The summed E-state index contributed by atoms with van der Waals surface area (Å²) in [6, 6.07) is 14.2. The van der Waals surface area contributed by atoms with Gasteiger partial charge in [0, 0.05) is 11.3 Å². The van der Waals surface area contributed by atoms with Crippen LogP contribution >= 0.6 is 12.2 Å². The van der Waals surface area contributed by atoms with E-state index < -0.39 is 0 Å². The van der Waals surface area contributed by atoms with Gasteiger partial charge in [-0.3, -0.25) is 14.9 Å². The van der Waals surface area contributed by atoms with Gasteiger partial charge in [0.1, 0.15) is 5.75 Å². The van der Waals surface area contributed by atoms with E-state index in [1.54, 1.807) is 36.4 Å². The Hall–Kier alpha value is -2.73. The normalized spacial score (nSPS) is 9.92. The molecule has 0 heterocycles. The summed E-state index contributed by atoms with van der Waals surface area (Å²) in [7, 11) is 0. The first-order chi connectivity index (χ1) is 11.4. The average Bonchev–Trinajstić information content (AvgIpc) is 2.54. The lowest BCUT2D eigenvalue weighted by molar-refractivity contribution is -0.121. The number of ether oxygens (including phenoxy) is 1. The lowest BCUT2D eigenvalue weighted by Gasteiger charge is -2.10. The smallest absolute Gasteiger partial charge is 0.264 e. The highest BCUT2D eigenvalue weighted by Gasteiger charge is 2.06. The van der Waals surface area contributed by atoms with Crippen molar-refractivity contribution in [2.45, 2.75) is 13.8 Å². The van der Waals surface area contributed by atoms with Crippen LogP contribution in [-0.4, -0.2) is 23.4 Å². The Morgan fingerprint density at radius 1 is 1.04 bits per heavy atom. The first-order valence-electron chi connectivity index (χ1n) is 7.35. The van der Waals surface area contributed by atoms with E-state index in [1.165, 1.54) is 6.92 Å². The topological polar surface area (TPSA) is 67.4 Å². The second kappa shape index (κ2) is 8.21. The van der Waals surface area contributed by atoms with E-state index in [0.29, 0.717) is 17.0 Å². The highest BCUT2D eigenvalue weighted by Crippen LogP contribution is 2.11. The van der Waals surface area contributed by atoms with E-state index in [2.05, 4.69) is 10.6 Å². The molecule has 0 radical (unpaired) electrons. The minimum atomic E-state index is -0.353. The van der Waals surface area contributed by atoms with E-state index in [0.717, 1.165) is 5.56 Å². The Morgan fingerprint density at radius 2 is 1.67 bits per heavy atom. The van der Waals surface area contributed by atoms with Gasteiger partial charge in [-0.05, 0) is 62.5 Å². The Balaban J connectivity index is 1.79. The quantitative estimate of drug-likeness (QED) is 0.646. The Morgan fingerprint density at radius 3 is 2.25 bits per heavy atom. The van der Waals surface area contributed by atoms with Crippen LogP contribution in [0.1, 0.15) is 22.8 Å². The number of amides is 1. The average molecular weight is 342 g/mol. The van der Waals surface area contributed by atoms with Crippen LogP contribution in [0.4, 0.5) is 5.69 Å². The van der Waals surface area contributed by atoms with Crippen molar-refractivity contribution in [2.75, 3.05) is 11.9 Å². The third kappa shape index (κ3) is 5.48. The van der Waals surface area contributed by atoms with Crippen LogP contribution in [0.15, 0.2) is 48.5 Å². The molecule has 6 heteroatoms. The molecule has 2 rings (SSSR count). The molecule has 0 bridgehead atoms. The maximum absolute atomic E-state index is 11.8. The lowest BCUT2D eigenvalue weighted by Crippen LogP contribution is -2.37. The van der Waals surface area contributed by atoms with Crippen LogP contribution in [0.25, 0.3) is 0 Å². The molecule has 0 fully saturated rings.